The molecule has 0 saturated heterocycles. The van der Waals surface area contributed by atoms with Crippen LogP contribution >= 0.6 is 11.6 Å². The van der Waals surface area contributed by atoms with Gasteiger partial charge < -0.3 is 5.32 Å². The Morgan fingerprint density at radius 1 is 1.56 bits per heavy atom. The number of halogens is 1. The number of alkyl halides is 1. The maximum absolute atomic E-state index is 11.7. The van der Waals surface area contributed by atoms with Crippen molar-refractivity contribution in [3.05, 3.63) is 29.6 Å². The van der Waals surface area contributed by atoms with Crippen LogP contribution in [0.15, 0.2) is 18.3 Å². The highest BCUT2D eigenvalue weighted by Crippen LogP contribution is 2.02. The molecule has 88 valence electrons. The van der Waals surface area contributed by atoms with E-state index in [-0.39, 0.29) is 11.9 Å². The lowest BCUT2D eigenvalue weighted by Gasteiger charge is -2.12. The first-order chi connectivity index (χ1) is 7.63. The van der Waals surface area contributed by atoms with Gasteiger partial charge in [-0.15, -0.1) is 11.6 Å². The van der Waals surface area contributed by atoms with E-state index in [1.54, 1.807) is 12.3 Å². The molecule has 0 aliphatic rings. The third kappa shape index (κ3) is 4.19. The maximum atomic E-state index is 11.7. The first kappa shape index (κ1) is 13.0. The minimum absolute atomic E-state index is 0.0745. The number of carbonyl (C=O) groups excluding carboxylic acids is 1. The molecule has 1 N–H and O–H groups in total. The summed E-state index contributed by atoms with van der Waals surface area (Å²) in [6.45, 7) is 3.87. The normalized spacial score (nSPS) is 12.2. The first-order valence-corrected chi connectivity index (χ1v) is 5.96. The van der Waals surface area contributed by atoms with E-state index in [9.17, 15) is 4.79 Å². The van der Waals surface area contributed by atoms with Gasteiger partial charge in [-0.3, -0.25) is 9.78 Å². The molecular formula is C12H17ClN2O. The largest absolute Gasteiger partial charge is 0.350 e. The van der Waals surface area contributed by atoms with E-state index in [4.69, 9.17) is 11.6 Å². The lowest BCUT2D eigenvalue weighted by atomic mass is 10.1. The molecule has 1 unspecified atom stereocenters. The summed E-state index contributed by atoms with van der Waals surface area (Å²) in [7, 11) is 0. The molecule has 1 aromatic rings. The van der Waals surface area contributed by atoms with Gasteiger partial charge in [-0.05, 0) is 38.8 Å². The molecular weight excluding hydrogens is 224 g/mol. The summed E-state index contributed by atoms with van der Waals surface area (Å²) in [5.74, 6) is 0.557. The van der Waals surface area contributed by atoms with Crippen LogP contribution in [-0.2, 0) is 0 Å². The lowest BCUT2D eigenvalue weighted by molar-refractivity contribution is 0.0938. The van der Waals surface area contributed by atoms with Crippen LogP contribution < -0.4 is 5.32 Å². The Hall–Kier alpha value is -1.09. The van der Waals surface area contributed by atoms with Gasteiger partial charge >= 0.3 is 0 Å². The second kappa shape index (κ2) is 6.48. The third-order valence-corrected chi connectivity index (χ3v) is 2.59. The fourth-order valence-corrected chi connectivity index (χ4v) is 1.52. The number of amides is 1. The molecule has 1 atom stereocenters. The van der Waals surface area contributed by atoms with Gasteiger partial charge in [-0.25, -0.2) is 0 Å². The minimum Gasteiger partial charge on any atom is -0.350 e. The van der Waals surface area contributed by atoms with Crippen molar-refractivity contribution in [3.63, 3.8) is 0 Å². The number of nitrogens with zero attached hydrogens (tertiary/aromatic N) is 1. The van der Waals surface area contributed by atoms with Crippen molar-refractivity contribution < 1.29 is 4.79 Å². The Morgan fingerprint density at radius 2 is 2.31 bits per heavy atom. The van der Waals surface area contributed by atoms with E-state index in [0.717, 1.165) is 18.5 Å². The van der Waals surface area contributed by atoms with Crippen molar-refractivity contribution in [3.8, 4) is 0 Å². The number of aromatic nitrogens is 1. The van der Waals surface area contributed by atoms with Crippen molar-refractivity contribution in [2.45, 2.75) is 32.7 Å². The number of pyridine rings is 1. The van der Waals surface area contributed by atoms with Gasteiger partial charge in [0.15, 0.2) is 0 Å². The number of carbonyl (C=O) groups is 1. The van der Waals surface area contributed by atoms with E-state index in [1.807, 2.05) is 19.9 Å². The lowest BCUT2D eigenvalue weighted by Crippen LogP contribution is -2.32. The predicted octanol–water partition coefficient (Wildman–Crippen LogP) is 2.53. The number of aryl methyl sites for hydroxylation is 1. The SMILES string of the molecule is Cc1ccc(C(=O)NC(C)CCCCl)cn1. The third-order valence-electron chi connectivity index (χ3n) is 2.32. The molecule has 0 saturated carbocycles. The van der Waals surface area contributed by atoms with Crippen molar-refractivity contribution >= 4 is 17.5 Å². The van der Waals surface area contributed by atoms with E-state index < -0.39 is 0 Å². The average Bonchev–Trinajstić information content (AvgIpc) is 2.27. The zero-order chi connectivity index (χ0) is 12.0. The van der Waals surface area contributed by atoms with Crippen LogP contribution in [0.2, 0.25) is 0 Å². The van der Waals surface area contributed by atoms with Crippen molar-refractivity contribution in [1.29, 1.82) is 0 Å². The molecule has 0 fully saturated rings. The Morgan fingerprint density at radius 3 is 2.88 bits per heavy atom. The van der Waals surface area contributed by atoms with Gasteiger partial charge in [-0.2, -0.15) is 0 Å². The molecule has 0 spiro atoms. The number of hydrogen-bond donors (Lipinski definition) is 1. The summed E-state index contributed by atoms with van der Waals surface area (Å²) >= 11 is 5.59. The van der Waals surface area contributed by atoms with Gasteiger partial charge in [0.1, 0.15) is 0 Å². The molecule has 0 aliphatic carbocycles. The molecule has 1 heterocycles. The molecule has 0 radical (unpaired) electrons. The maximum Gasteiger partial charge on any atom is 0.253 e. The van der Waals surface area contributed by atoms with E-state index in [2.05, 4.69) is 10.3 Å². The van der Waals surface area contributed by atoms with Gasteiger partial charge in [0.25, 0.3) is 5.91 Å². The zero-order valence-electron chi connectivity index (χ0n) is 9.66. The van der Waals surface area contributed by atoms with E-state index in [1.165, 1.54) is 0 Å². The summed E-state index contributed by atoms with van der Waals surface area (Å²) in [5.41, 5.74) is 1.51. The second-order valence-electron chi connectivity index (χ2n) is 3.89. The molecule has 3 nitrogen and oxygen atoms in total. The summed E-state index contributed by atoms with van der Waals surface area (Å²) in [6.07, 6.45) is 3.41. The Labute approximate surface area is 101 Å². The smallest absolute Gasteiger partial charge is 0.253 e. The summed E-state index contributed by atoms with van der Waals surface area (Å²) in [5, 5.41) is 2.91. The van der Waals surface area contributed by atoms with E-state index in [0.29, 0.717) is 11.4 Å². The van der Waals surface area contributed by atoms with Crippen molar-refractivity contribution in [2.75, 3.05) is 5.88 Å². The first-order valence-electron chi connectivity index (χ1n) is 5.43. The summed E-state index contributed by atoms with van der Waals surface area (Å²) in [4.78, 5) is 15.8. The van der Waals surface area contributed by atoms with Crippen LogP contribution in [-0.4, -0.2) is 22.8 Å². The predicted molar refractivity (Wildman–Crippen MR) is 65.9 cm³/mol. The standard InChI is InChI=1S/C12H17ClN2O/c1-9-5-6-11(8-14-9)12(16)15-10(2)4-3-7-13/h5-6,8,10H,3-4,7H2,1-2H3,(H,15,16). The van der Waals surface area contributed by atoms with Crippen LogP contribution in [0.4, 0.5) is 0 Å². The Bertz CT molecular complexity index is 337. The summed E-state index contributed by atoms with van der Waals surface area (Å²) < 4.78 is 0. The molecule has 1 aromatic heterocycles. The van der Waals surface area contributed by atoms with Gasteiger partial charge in [0.05, 0.1) is 5.56 Å². The van der Waals surface area contributed by atoms with Gasteiger partial charge in [0, 0.05) is 23.8 Å². The minimum atomic E-state index is -0.0745. The molecule has 1 rings (SSSR count). The van der Waals surface area contributed by atoms with Crippen molar-refractivity contribution in [1.82, 2.24) is 10.3 Å². The Balaban J connectivity index is 2.48. The molecule has 0 aliphatic heterocycles. The number of nitrogens with one attached hydrogen (secondary N) is 1. The fraction of sp³-hybridized carbons (Fsp3) is 0.500. The van der Waals surface area contributed by atoms with Crippen LogP contribution in [0.5, 0.6) is 0 Å². The van der Waals surface area contributed by atoms with Crippen LogP contribution in [0.3, 0.4) is 0 Å². The van der Waals surface area contributed by atoms with Crippen molar-refractivity contribution in [2.24, 2.45) is 0 Å². The van der Waals surface area contributed by atoms with Crippen LogP contribution in [0.25, 0.3) is 0 Å². The molecule has 1 amide bonds. The highest BCUT2D eigenvalue weighted by atomic mass is 35.5. The molecule has 0 aromatic carbocycles. The van der Waals surface area contributed by atoms with Crippen LogP contribution in [0, 0.1) is 6.92 Å². The topological polar surface area (TPSA) is 42.0 Å². The molecule has 16 heavy (non-hydrogen) atoms. The molecule has 4 heteroatoms. The zero-order valence-corrected chi connectivity index (χ0v) is 10.4. The molecule has 0 bridgehead atoms. The van der Waals surface area contributed by atoms with Gasteiger partial charge in [0.2, 0.25) is 0 Å². The quantitative estimate of drug-likeness (QED) is 0.804. The monoisotopic (exact) mass is 240 g/mol. The highest BCUT2D eigenvalue weighted by Gasteiger charge is 2.09. The second-order valence-corrected chi connectivity index (χ2v) is 4.27. The summed E-state index contributed by atoms with van der Waals surface area (Å²) in [6, 6.07) is 3.76. The average molecular weight is 241 g/mol. The van der Waals surface area contributed by atoms with E-state index >= 15 is 0 Å². The number of rotatable bonds is 5. The Kier molecular flexibility index (Phi) is 5.26. The van der Waals surface area contributed by atoms with Crippen LogP contribution in [0.1, 0.15) is 35.8 Å². The number of hydrogen-bond acceptors (Lipinski definition) is 2. The van der Waals surface area contributed by atoms with Gasteiger partial charge in [-0.1, -0.05) is 0 Å². The fourth-order valence-electron chi connectivity index (χ4n) is 1.36. The highest BCUT2D eigenvalue weighted by molar-refractivity contribution is 6.17.